The second-order valence-electron chi connectivity index (χ2n) is 6.30. The summed E-state index contributed by atoms with van der Waals surface area (Å²) in [7, 11) is 1.74. The maximum absolute atomic E-state index is 12.4. The van der Waals surface area contributed by atoms with Gasteiger partial charge in [0, 0.05) is 38.9 Å². The molecule has 23 heavy (non-hydrogen) atoms. The third-order valence-corrected chi connectivity index (χ3v) is 4.80. The van der Waals surface area contributed by atoms with Crippen LogP contribution in [0.2, 0.25) is 0 Å². The molecule has 0 aliphatic carbocycles. The Balaban J connectivity index is 0.00000192. The lowest BCUT2D eigenvalue weighted by molar-refractivity contribution is -0.134. The van der Waals surface area contributed by atoms with Crippen molar-refractivity contribution in [2.75, 3.05) is 33.3 Å². The summed E-state index contributed by atoms with van der Waals surface area (Å²) in [5.74, 6) is 0.647. The second-order valence-corrected chi connectivity index (χ2v) is 6.30. The van der Waals surface area contributed by atoms with Crippen molar-refractivity contribution in [3.63, 3.8) is 0 Å². The Hall–Kier alpha value is -1.11. The van der Waals surface area contributed by atoms with Crippen LogP contribution in [0.5, 0.6) is 0 Å². The first kappa shape index (κ1) is 18.2. The van der Waals surface area contributed by atoms with Gasteiger partial charge in [0.25, 0.3) is 0 Å². The fourth-order valence-electron chi connectivity index (χ4n) is 3.37. The number of amides is 1. The molecule has 2 aliphatic heterocycles. The highest BCUT2D eigenvalue weighted by atomic mass is 35.5. The zero-order valence-electron chi connectivity index (χ0n) is 13.7. The molecule has 0 spiro atoms. The smallest absolute Gasteiger partial charge is 0.244 e. The molecular formula is C16H27ClN4O2. The van der Waals surface area contributed by atoms with E-state index in [1.165, 1.54) is 12.8 Å². The molecule has 1 unspecified atom stereocenters. The number of carbonyl (C=O) groups is 1. The number of nitrogens with zero attached hydrogens (tertiary/aromatic N) is 3. The Bertz CT molecular complexity index is 494. The van der Waals surface area contributed by atoms with Crippen molar-refractivity contribution >= 4 is 18.3 Å². The number of aromatic nitrogens is 2. The standard InChI is InChI=1S/C16H26N4O2.ClH/c1-22-14-4-8-19(9-5-14)16(21)12-20-10-6-15(18-20)13-3-2-7-17-11-13;/h6,10,13-14,17H,2-5,7-9,11-12H2,1H3;1H. The zero-order valence-corrected chi connectivity index (χ0v) is 14.6. The van der Waals surface area contributed by atoms with E-state index in [2.05, 4.69) is 16.5 Å². The molecule has 0 bridgehead atoms. The molecule has 0 saturated carbocycles. The molecule has 2 saturated heterocycles. The minimum absolute atomic E-state index is 0. The number of hydrogen-bond acceptors (Lipinski definition) is 4. The number of nitrogens with one attached hydrogen (secondary N) is 1. The molecule has 3 heterocycles. The van der Waals surface area contributed by atoms with Crippen LogP contribution in [-0.4, -0.2) is 60.0 Å². The van der Waals surface area contributed by atoms with Crippen molar-refractivity contribution in [2.45, 2.75) is 44.2 Å². The SMILES string of the molecule is COC1CCN(C(=O)Cn2ccc(C3CCCNC3)n2)CC1.Cl. The van der Waals surface area contributed by atoms with Crippen LogP contribution in [-0.2, 0) is 16.1 Å². The predicted molar refractivity (Wildman–Crippen MR) is 90.9 cm³/mol. The van der Waals surface area contributed by atoms with Crippen LogP contribution in [0, 0.1) is 0 Å². The largest absolute Gasteiger partial charge is 0.381 e. The van der Waals surface area contributed by atoms with Gasteiger partial charge < -0.3 is 15.0 Å². The molecule has 130 valence electrons. The van der Waals surface area contributed by atoms with Crippen molar-refractivity contribution in [3.05, 3.63) is 18.0 Å². The third kappa shape index (κ3) is 4.68. The molecule has 1 atom stereocenters. The van der Waals surface area contributed by atoms with Gasteiger partial charge in [0.2, 0.25) is 5.91 Å². The molecule has 2 aliphatic rings. The average molecular weight is 343 g/mol. The van der Waals surface area contributed by atoms with Gasteiger partial charge in [-0.15, -0.1) is 12.4 Å². The molecule has 2 fully saturated rings. The number of halogens is 1. The van der Waals surface area contributed by atoms with E-state index >= 15 is 0 Å². The van der Waals surface area contributed by atoms with Gasteiger partial charge >= 0.3 is 0 Å². The van der Waals surface area contributed by atoms with Crippen LogP contribution in [0.4, 0.5) is 0 Å². The van der Waals surface area contributed by atoms with Crippen LogP contribution >= 0.6 is 12.4 Å². The number of hydrogen-bond donors (Lipinski definition) is 1. The van der Waals surface area contributed by atoms with Gasteiger partial charge in [-0.2, -0.15) is 5.10 Å². The summed E-state index contributed by atoms with van der Waals surface area (Å²) in [6.45, 7) is 4.02. The van der Waals surface area contributed by atoms with Crippen molar-refractivity contribution in [1.82, 2.24) is 20.0 Å². The predicted octanol–water partition coefficient (Wildman–Crippen LogP) is 1.41. The van der Waals surface area contributed by atoms with Crippen LogP contribution in [0.25, 0.3) is 0 Å². The molecule has 0 radical (unpaired) electrons. The average Bonchev–Trinajstić information content (AvgIpc) is 3.04. The number of carbonyl (C=O) groups excluding carboxylic acids is 1. The number of ether oxygens (including phenoxy) is 1. The van der Waals surface area contributed by atoms with Gasteiger partial charge in [-0.25, -0.2) is 0 Å². The third-order valence-electron chi connectivity index (χ3n) is 4.80. The normalized spacial score (nSPS) is 22.7. The lowest BCUT2D eigenvalue weighted by atomic mass is 9.97. The van der Waals surface area contributed by atoms with Crippen molar-refractivity contribution in [1.29, 1.82) is 0 Å². The molecule has 1 aromatic heterocycles. The zero-order chi connectivity index (χ0) is 15.4. The number of piperidine rings is 2. The molecule has 7 heteroatoms. The maximum Gasteiger partial charge on any atom is 0.244 e. The highest BCUT2D eigenvalue weighted by Crippen LogP contribution is 2.21. The van der Waals surface area contributed by atoms with Gasteiger partial charge in [-0.1, -0.05) is 0 Å². The first-order valence-corrected chi connectivity index (χ1v) is 8.31. The minimum atomic E-state index is 0. The summed E-state index contributed by atoms with van der Waals surface area (Å²) in [6.07, 6.45) is 6.48. The van der Waals surface area contributed by atoms with E-state index < -0.39 is 0 Å². The van der Waals surface area contributed by atoms with Crippen LogP contribution in [0.1, 0.15) is 37.3 Å². The molecular weight excluding hydrogens is 316 g/mol. The first-order valence-electron chi connectivity index (χ1n) is 8.31. The highest BCUT2D eigenvalue weighted by molar-refractivity contribution is 5.85. The summed E-state index contributed by atoms with van der Waals surface area (Å²) >= 11 is 0. The number of methoxy groups -OCH3 is 1. The van der Waals surface area contributed by atoms with Gasteiger partial charge in [-0.3, -0.25) is 9.48 Å². The summed E-state index contributed by atoms with van der Waals surface area (Å²) in [5, 5.41) is 8.01. The molecule has 1 N–H and O–H groups in total. The maximum atomic E-state index is 12.4. The van der Waals surface area contributed by atoms with E-state index in [1.54, 1.807) is 11.8 Å². The van der Waals surface area contributed by atoms with Crippen molar-refractivity contribution < 1.29 is 9.53 Å². The summed E-state index contributed by atoms with van der Waals surface area (Å²) in [5.41, 5.74) is 1.11. The van der Waals surface area contributed by atoms with Crippen molar-refractivity contribution in [3.8, 4) is 0 Å². The number of likely N-dealkylation sites (tertiary alicyclic amines) is 1. The van der Waals surface area contributed by atoms with E-state index in [0.717, 1.165) is 44.7 Å². The topological polar surface area (TPSA) is 59.4 Å². The van der Waals surface area contributed by atoms with Crippen LogP contribution in [0.15, 0.2) is 12.3 Å². The first-order chi connectivity index (χ1) is 10.8. The fourth-order valence-corrected chi connectivity index (χ4v) is 3.37. The Labute approximate surface area is 144 Å². The quantitative estimate of drug-likeness (QED) is 0.898. The van der Waals surface area contributed by atoms with Crippen LogP contribution in [0.3, 0.4) is 0 Å². The van der Waals surface area contributed by atoms with Crippen molar-refractivity contribution in [2.24, 2.45) is 0 Å². The van der Waals surface area contributed by atoms with Gasteiger partial charge in [-0.05, 0) is 38.3 Å². The van der Waals surface area contributed by atoms with E-state index in [4.69, 9.17) is 4.74 Å². The molecule has 0 aromatic carbocycles. The second kappa shape index (κ2) is 8.66. The summed E-state index contributed by atoms with van der Waals surface area (Å²) < 4.78 is 7.13. The van der Waals surface area contributed by atoms with E-state index in [0.29, 0.717) is 18.6 Å². The van der Waals surface area contributed by atoms with E-state index in [-0.39, 0.29) is 18.3 Å². The monoisotopic (exact) mass is 342 g/mol. The Morgan fingerprint density at radius 3 is 2.83 bits per heavy atom. The lowest BCUT2D eigenvalue weighted by Gasteiger charge is -2.31. The Morgan fingerprint density at radius 1 is 1.39 bits per heavy atom. The summed E-state index contributed by atoms with van der Waals surface area (Å²) in [6, 6.07) is 2.06. The molecule has 3 rings (SSSR count). The fraction of sp³-hybridized carbons (Fsp3) is 0.750. The van der Waals surface area contributed by atoms with E-state index in [1.807, 2.05) is 11.1 Å². The Kier molecular flexibility index (Phi) is 6.87. The van der Waals surface area contributed by atoms with Gasteiger partial charge in [0.05, 0.1) is 11.8 Å². The molecule has 1 amide bonds. The summed E-state index contributed by atoms with van der Waals surface area (Å²) in [4.78, 5) is 14.3. The van der Waals surface area contributed by atoms with Crippen LogP contribution < -0.4 is 5.32 Å². The highest BCUT2D eigenvalue weighted by Gasteiger charge is 2.23. The molecule has 1 aromatic rings. The van der Waals surface area contributed by atoms with E-state index in [9.17, 15) is 4.79 Å². The number of rotatable bonds is 4. The Morgan fingerprint density at radius 2 is 2.17 bits per heavy atom. The lowest BCUT2D eigenvalue weighted by Crippen LogP contribution is -2.42. The molecule has 6 nitrogen and oxygen atoms in total. The van der Waals surface area contributed by atoms with Gasteiger partial charge in [0.1, 0.15) is 6.54 Å². The minimum Gasteiger partial charge on any atom is -0.381 e. The van der Waals surface area contributed by atoms with Gasteiger partial charge in [0.15, 0.2) is 0 Å².